The van der Waals surface area contributed by atoms with Crippen LogP contribution in [0.4, 0.5) is 0 Å². The average molecular weight is 696 g/mol. The van der Waals surface area contributed by atoms with Gasteiger partial charge in [0.1, 0.15) is 18.1 Å². The van der Waals surface area contributed by atoms with E-state index in [1.165, 1.54) is 7.11 Å². The van der Waals surface area contributed by atoms with Crippen LogP contribution >= 0.6 is 0 Å². The van der Waals surface area contributed by atoms with Crippen molar-refractivity contribution in [2.45, 2.75) is 130 Å². The summed E-state index contributed by atoms with van der Waals surface area (Å²) < 4.78 is 4.97. The molecule has 0 spiro atoms. The van der Waals surface area contributed by atoms with E-state index >= 15 is 0 Å². The van der Waals surface area contributed by atoms with Crippen molar-refractivity contribution in [2.24, 2.45) is 11.3 Å². The second-order valence-electron chi connectivity index (χ2n) is 15.6. The number of piperidine rings is 1. The highest BCUT2D eigenvalue weighted by Gasteiger charge is 2.41. The first-order chi connectivity index (χ1) is 23.5. The SMILES string of the molecule is COC(=O)[C@H](Cc1ccccc1)NC(=O)[C@@H]1CCCN1C(=O)C(C)=C[C@H](C(C)C)N(C)C(=O)[C@@H](NC(=O)C1CCCCN1C(C)C)C(C)(C)C. The molecule has 11 heteroatoms. The number of carbonyl (C=O) groups excluding carboxylic acids is 5. The zero-order valence-electron chi connectivity index (χ0n) is 32.0. The molecule has 50 heavy (non-hydrogen) atoms. The van der Waals surface area contributed by atoms with E-state index in [2.05, 4.69) is 29.4 Å². The van der Waals surface area contributed by atoms with E-state index in [9.17, 15) is 24.0 Å². The molecule has 2 aliphatic heterocycles. The van der Waals surface area contributed by atoms with E-state index in [0.29, 0.717) is 25.0 Å². The normalized spacial score (nSPS) is 20.6. The number of nitrogens with zero attached hydrogens (tertiary/aromatic N) is 3. The maximum absolute atomic E-state index is 14.2. The van der Waals surface area contributed by atoms with Gasteiger partial charge in [-0.2, -0.15) is 0 Å². The van der Waals surface area contributed by atoms with Crippen LogP contribution in [0.3, 0.4) is 0 Å². The first-order valence-corrected chi connectivity index (χ1v) is 18.2. The Hall–Kier alpha value is -3.73. The Balaban J connectivity index is 1.78. The molecule has 0 aliphatic carbocycles. The van der Waals surface area contributed by atoms with Crippen LogP contribution < -0.4 is 10.6 Å². The largest absolute Gasteiger partial charge is 0.467 e. The van der Waals surface area contributed by atoms with Gasteiger partial charge in [-0.1, -0.05) is 77.4 Å². The molecule has 0 saturated carbocycles. The Bertz CT molecular complexity index is 1370. The topological polar surface area (TPSA) is 128 Å². The standard InChI is InChI=1S/C39H61N5O6/c1-25(2)32(42(9)37(48)33(39(6,7)8)41-35(46)30-19-14-15-21-43(30)26(3)4)23-27(5)36(47)44-22-16-20-31(44)34(45)40-29(38(49)50-10)24-28-17-12-11-13-18-28/h11-13,17-18,23,25-26,29-33H,14-16,19-22,24H2,1-10H3,(H,40,45)(H,41,46)/t29-,30?,31-,32+,33+/m0/s1. The summed E-state index contributed by atoms with van der Waals surface area (Å²) in [5.41, 5.74) is 0.732. The minimum Gasteiger partial charge on any atom is -0.467 e. The third-order valence-corrected chi connectivity index (χ3v) is 10.0. The van der Waals surface area contributed by atoms with Gasteiger partial charge in [-0.05, 0) is 69.9 Å². The third-order valence-electron chi connectivity index (χ3n) is 10.0. The number of ether oxygens (including phenoxy) is 1. The average Bonchev–Trinajstić information content (AvgIpc) is 3.58. The molecule has 0 bridgehead atoms. The highest BCUT2D eigenvalue weighted by atomic mass is 16.5. The van der Waals surface area contributed by atoms with E-state index in [-0.39, 0.29) is 42.1 Å². The van der Waals surface area contributed by atoms with Crippen LogP contribution in [0.5, 0.6) is 0 Å². The van der Waals surface area contributed by atoms with E-state index in [0.717, 1.165) is 31.4 Å². The fourth-order valence-corrected chi connectivity index (χ4v) is 7.13. The van der Waals surface area contributed by atoms with Gasteiger partial charge >= 0.3 is 5.97 Å². The number of likely N-dealkylation sites (tertiary alicyclic amines) is 2. The smallest absolute Gasteiger partial charge is 0.328 e. The van der Waals surface area contributed by atoms with Crippen molar-refractivity contribution in [3.8, 4) is 0 Å². The van der Waals surface area contributed by atoms with Gasteiger partial charge in [0.15, 0.2) is 0 Å². The lowest BCUT2D eigenvalue weighted by atomic mass is 9.84. The molecule has 0 radical (unpaired) electrons. The molecule has 1 aromatic carbocycles. The van der Waals surface area contributed by atoms with Crippen molar-refractivity contribution in [3.05, 3.63) is 47.5 Å². The Kier molecular flexibility index (Phi) is 14.6. The van der Waals surface area contributed by atoms with Crippen molar-refractivity contribution < 1.29 is 28.7 Å². The molecule has 5 atom stereocenters. The van der Waals surface area contributed by atoms with Crippen LogP contribution in [0.25, 0.3) is 0 Å². The molecular formula is C39H61N5O6. The number of esters is 1. The summed E-state index contributed by atoms with van der Waals surface area (Å²) in [6.07, 6.45) is 5.97. The highest BCUT2D eigenvalue weighted by Crippen LogP contribution is 2.27. The lowest BCUT2D eigenvalue weighted by molar-refractivity contribution is -0.146. The van der Waals surface area contributed by atoms with Crippen molar-refractivity contribution in [3.63, 3.8) is 0 Å². The third kappa shape index (κ3) is 10.4. The second kappa shape index (κ2) is 18.0. The van der Waals surface area contributed by atoms with E-state index in [4.69, 9.17) is 4.74 Å². The van der Waals surface area contributed by atoms with Crippen LogP contribution in [-0.2, 0) is 35.1 Å². The number of benzene rings is 1. The lowest BCUT2D eigenvalue weighted by Crippen LogP contribution is -2.60. The number of hydrogen-bond donors (Lipinski definition) is 2. The molecule has 2 N–H and O–H groups in total. The molecule has 2 saturated heterocycles. The minimum atomic E-state index is -0.892. The van der Waals surface area contributed by atoms with Gasteiger partial charge in [0, 0.05) is 31.6 Å². The first kappa shape index (κ1) is 40.7. The van der Waals surface area contributed by atoms with Gasteiger partial charge in [0.25, 0.3) is 0 Å². The number of hydrogen-bond acceptors (Lipinski definition) is 7. The highest BCUT2D eigenvalue weighted by molar-refractivity contribution is 5.98. The summed E-state index contributed by atoms with van der Waals surface area (Å²) in [6, 6.07) is 6.46. The lowest BCUT2D eigenvalue weighted by Gasteiger charge is -2.41. The van der Waals surface area contributed by atoms with Gasteiger partial charge in [-0.15, -0.1) is 0 Å². The molecular weight excluding hydrogens is 634 g/mol. The summed E-state index contributed by atoms with van der Waals surface area (Å²) in [5.74, 6) is -1.64. The van der Waals surface area contributed by atoms with Crippen LogP contribution in [0.15, 0.2) is 42.0 Å². The molecule has 278 valence electrons. The maximum atomic E-state index is 14.2. The van der Waals surface area contributed by atoms with Crippen molar-refractivity contribution in [2.75, 3.05) is 27.2 Å². The number of likely N-dealkylation sites (N-methyl/N-ethyl adjacent to an activating group) is 1. The van der Waals surface area contributed by atoms with E-state index < -0.39 is 41.5 Å². The molecule has 2 heterocycles. The zero-order valence-corrected chi connectivity index (χ0v) is 32.0. The summed E-state index contributed by atoms with van der Waals surface area (Å²) in [6.45, 7) is 17.0. The Labute approximate surface area is 299 Å². The van der Waals surface area contributed by atoms with Crippen LogP contribution in [0.1, 0.15) is 93.1 Å². The van der Waals surface area contributed by atoms with E-state index in [1.807, 2.05) is 65.0 Å². The Morgan fingerprint density at radius 3 is 2.12 bits per heavy atom. The van der Waals surface area contributed by atoms with Gasteiger partial charge in [0.2, 0.25) is 23.6 Å². The molecule has 0 aromatic heterocycles. The number of amides is 4. The van der Waals surface area contributed by atoms with Gasteiger partial charge < -0.3 is 25.2 Å². The fraction of sp³-hybridized carbons (Fsp3) is 0.667. The quantitative estimate of drug-likeness (QED) is 0.235. The van der Waals surface area contributed by atoms with Gasteiger partial charge in [0.05, 0.1) is 19.2 Å². The van der Waals surface area contributed by atoms with Crippen LogP contribution in [-0.4, -0.2) is 108 Å². The molecule has 1 aromatic rings. The Morgan fingerprint density at radius 2 is 1.54 bits per heavy atom. The summed E-state index contributed by atoms with van der Waals surface area (Å²) in [7, 11) is 3.01. The molecule has 1 unspecified atom stereocenters. The number of methoxy groups -OCH3 is 1. The van der Waals surface area contributed by atoms with Gasteiger partial charge in [-0.25, -0.2) is 4.79 Å². The monoisotopic (exact) mass is 695 g/mol. The Morgan fingerprint density at radius 1 is 0.920 bits per heavy atom. The van der Waals surface area contributed by atoms with Crippen molar-refractivity contribution in [1.82, 2.24) is 25.3 Å². The predicted octanol–water partition coefficient (Wildman–Crippen LogP) is 4.10. The summed E-state index contributed by atoms with van der Waals surface area (Å²) in [5, 5.41) is 5.95. The van der Waals surface area contributed by atoms with Gasteiger partial charge in [-0.3, -0.25) is 24.1 Å². The molecule has 2 aliphatic rings. The van der Waals surface area contributed by atoms with Crippen LogP contribution in [0.2, 0.25) is 0 Å². The predicted molar refractivity (Wildman–Crippen MR) is 195 cm³/mol. The van der Waals surface area contributed by atoms with Crippen LogP contribution in [0, 0.1) is 11.3 Å². The van der Waals surface area contributed by atoms with Crippen molar-refractivity contribution in [1.29, 1.82) is 0 Å². The number of carbonyl (C=O) groups is 5. The molecule has 3 rings (SSSR count). The molecule has 11 nitrogen and oxygen atoms in total. The summed E-state index contributed by atoms with van der Waals surface area (Å²) in [4.78, 5) is 73.3. The summed E-state index contributed by atoms with van der Waals surface area (Å²) >= 11 is 0. The number of nitrogens with one attached hydrogen (secondary N) is 2. The first-order valence-electron chi connectivity index (χ1n) is 18.2. The maximum Gasteiger partial charge on any atom is 0.328 e. The van der Waals surface area contributed by atoms with E-state index in [1.54, 1.807) is 29.8 Å². The molecule has 2 fully saturated rings. The zero-order chi connectivity index (χ0) is 37.3. The number of rotatable bonds is 13. The van der Waals surface area contributed by atoms with Crippen molar-refractivity contribution >= 4 is 29.6 Å². The fourth-order valence-electron chi connectivity index (χ4n) is 7.13. The minimum absolute atomic E-state index is 0.0470. The molecule has 4 amide bonds. The second-order valence-corrected chi connectivity index (χ2v) is 15.6.